The van der Waals surface area contributed by atoms with Gasteiger partial charge >= 0.3 is 0 Å². The smallest absolute Gasteiger partial charge is 0.248 e. The number of ether oxygens (including phenoxy) is 1. The second-order valence-electron chi connectivity index (χ2n) is 3.82. The Balaban J connectivity index is 2.21. The highest BCUT2D eigenvalue weighted by molar-refractivity contribution is 5.69. The molecule has 0 radical (unpaired) electrons. The molecule has 0 amide bonds. The van der Waals surface area contributed by atoms with Crippen molar-refractivity contribution in [3.8, 4) is 17.0 Å². The first kappa shape index (κ1) is 9.21. The summed E-state index contributed by atoms with van der Waals surface area (Å²) >= 11 is 0. The first-order chi connectivity index (χ1) is 7.84. The molecule has 2 aromatic rings. The van der Waals surface area contributed by atoms with Gasteiger partial charge in [0.15, 0.2) is 0 Å². The van der Waals surface area contributed by atoms with E-state index in [-0.39, 0.29) is 5.56 Å². The monoisotopic (exact) mass is 213 g/mol. The van der Waals surface area contributed by atoms with Crippen molar-refractivity contribution >= 4 is 0 Å². The summed E-state index contributed by atoms with van der Waals surface area (Å²) in [6, 6.07) is 11.2. The van der Waals surface area contributed by atoms with Crippen molar-refractivity contribution in [1.29, 1.82) is 0 Å². The average molecular weight is 213 g/mol. The fourth-order valence-corrected chi connectivity index (χ4v) is 2.03. The van der Waals surface area contributed by atoms with Gasteiger partial charge in [-0.1, -0.05) is 18.2 Å². The number of rotatable bonds is 1. The lowest BCUT2D eigenvalue weighted by atomic mass is 10.1. The SMILES string of the molecule is O=c1cccc(-c2cccc3c2OCC3)[nH]1. The molecule has 3 heteroatoms. The van der Waals surface area contributed by atoms with E-state index in [1.54, 1.807) is 6.07 Å². The summed E-state index contributed by atoms with van der Waals surface area (Å²) in [5.74, 6) is 0.907. The molecule has 3 rings (SSSR count). The van der Waals surface area contributed by atoms with Crippen LogP contribution in [0.15, 0.2) is 41.2 Å². The molecule has 0 atom stereocenters. The van der Waals surface area contributed by atoms with E-state index in [1.165, 1.54) is 11.6 Å². The highest BCUT2D eigenvalue weighted by Crippen LogP contribution is 2.35. The number of nitrogens with one attached hydrogen (secondary N) is 1. The lowest BCUT2D eigenvalue weighted by molar-refractivity contribution is 0.358. The Bertz CT molecular complexity index is 586. The minimum atomic E-state index is -0.0897. The van der Waals surface area contributed by atoms with Crippen molar-refractivity contribution < 1.29 is 4.74 Å². The van der Waals surface area contributed by atoms with E-state index in [2.05, 4.69) is 11.1 Å². The van der Waals surface area contributed by atoms with Crippen molar-refractivity contribution in [1.82, 2.24) is 4.98 Å². The van der Waals surface area contributed by atoms with Crippen LogP contribution >= 0.6 is 0 Å². The molecular formula is C13H11NO2. The van der Waals surface area contributed by atoms with Gasteiger partial charge in [-0.05, 0) is 17.7 Å². The molecule has 16 heavy (non-hydrogen) atoms. The predicted molar refractivity (Wildman–Crippen MR) is 61.7 cm³/mol. The van der Waals surface area contributed by atoms with Crippen LogP contribution in [-0.4, -0.2) is 11.6 Å². The molecule has 2 heterocycles. The summed E-state index contributed by atoms with van der Waals surface area (Å²) in [7, 11) is 0. The minimum absolute atomic E-state index is 0.0897. The highest BCUT2D eigenvalue weighted by Gasteiger charge is 2.16. The van der Waals surface area contributed by atoms with E-state index < -0.39 is 0 Å². The van der Waals surface area contributed by atoms with Crippen LogP contribution in [0.5, 0.6) is 5.75 Å². The van der Waals surface area contributed by atoms with Crippen LogP contribution in [0.3, 0.4) is 0 Å². The molecule has 80 valence electrons. The standard InChI is InChI=1S/C13H11NO2/c15-12-6-2-5-11(14-12)10-4-1-3-9-7-8-16-13(9)10/h1-6H,7-8H2,(H,14,15). The van der Waals surface area contributed by atoms with Gasteiger partial charge < -0.3 is 9.72 Å². The molecule has 0 spiro atoms. The quantitative estimate of drug-likeness (QED) is 0.787. The third-order valence-electron chi connectivity index (χ3n) is 2.77. The van der Waals surface area contributed by atoms with Crippen LogP contribution in [0.1, 0.15) is 5.56 Å². The Morgan fingerprint density at radius 2 is 2.00 bits per heavy atom. The van der Waals surface area contributed by atoms with Gasteiger partial charge in [0.05, 0.1) is 12.3 Å². The molecule has 0 bridgehead atoms. The second kappa shape index (κ2) is 3.52. The van der Waals surface area contributed by atoms with Crippen molar-refractivity contribution in [2.45, 2.75) is 6.42 Å². The van der Waals surface area contributed by atoms with E-state index in [4.69, 9.17) is 4.74 Å². The first-order valence-corrected chi connectivity index (χ1v) is 5.29. The number of aromatic amines is 1. The van der Waals surface area contributed by atoms with Crippen molar-refractivity contribution in [2.75, 3.05) is 6.61 Å². The van der Waals surface area contributed by atoms with Gasteiger partial charge in [-0.25, -0.2) is 0 Å². The zero-order valence-corrected chi connectivity index (χ0v) is 8.69. The van der Waals surface area contributed by atoms with Gasteiger partial charge in [0.25, 0.3) is 0 Å². The molecule has 1 aliphatic heterocycles. The molecule has 0 fully saturated rings. The number of benzene rings is 1. The third-order valence-corrected chi connectivity index (χ3v) is 2.77. The molecule has 3 nitrogen and oxygen atoms in total. The Labute approximate surface area is 92.7 Å². The second-order valence-corrected chi connectivity index (χ2v) is 3.82. The zero-order chi connectivity index (χ0) is 11.0. The topological polar surface area (TPSA) is 42.1 Å². The summed E-state index contributed by atoms with van der Waals surface area (Å²) in [6.07, 6.45) is 0.945. The maximum atomic E-state index is 11.3. The van der Waals surface area contributed by atoms with Gasteiger partial charge in [-0.2, -0.15) is 0 Å². The predicted octanol–water partition coefficient (Wildman–Crippen LogP) is 1.98. The minimum Gasteiger partial charge on any atom is -0.492 e. The van der Waals surface area contributed by atoms with E-state index in [9.17, 15) is 4.79 Å². The number of hydrogen-bond donors (Lipinski definition) is 1. The molecule has 1 aromatic heterocycles. The number of para-hydroxylation sites is 1. The highest BCUT2D eigenvalue weighted by atomic mass is 16.5. The molecule has 0 unspecified atom stereocenters. The van der Waals surface area contributed by atoms with Crippen LogP contribution < -0.4 is 10.3 Å². The molecule has 0 saturated heterocycles. The molecule has 1 aliphatic rings. The third kappa shape index (κ3) is 1.41. The summed E-state index contributed by atoms with van der Waals surface area (Å²) in [4.78, 5) is 14.1. The summed E-state index contributed by atoms with van der Waals surface area (Å²) < 4.78 is 5.60. The number of H-pyrrole nitrogens is 1. The Kier molecular flexibility index (Phi) is 2.03. The van der Waals surface area contributed by atoms with E-state index in [1.807, 2.05) is 18.2 Å². The maximum absolute atomic E-state index is 11.3. The Morgan fingerprint density at radius 3 is 2.88 bits per heavy atom. The number of pyridine rings is 1. The fraction of sp³-hybridized carbons (Fsp3) is 0.154. The summed E-state index contributed by atoms with van der Waals surface area (Å²) in [5.41, 5.74) is 2.90. The van der Waals surface area contributed by atoms with Crippen molar-refractivity contribution in [2.24, 2.45) is 0 Å². The molecule has 0 aliphatic carbocycles. The van der Waals surface area contributed by atoms with Crippen LogP contribution in [0.2, 0.25) is 0 Å². The number of hydrogen-bond acceptors (Lipinski definition) is 2. The van der Waals surface area contributed by atoms with Gasteiger partial charge in [0, 0.05) is 18.1 Å². The molecule has 0 saturated carbocycles. The number of fused-ring (bicyclic) bond motifs is 1. The van der Waals surface area contributed by atoms with Crippen LogP contribution in [0, 0.1) is 0 Å². The summed E-state index contributed by atoms with van der Waals surface area (Å²) in [6.45, 7) is 0.726. The van der Waals surface area contributed by atoms with Crippen LogP contribution in [-0.2, 0) is 6.42 Å². The zero-order valence-electron chi connectivity index (χ0n) is 8.69. The summed E-state index contributed by atoms with van der Waals surface area (Å²) in [5, 5.41) is 0. The van der Waals surface area contributed by atoms with Crippen LogP contribution in [0.25, 0.3) is 11.3 Å². The molecule has 1 aromatic carbocycles. The molecular weight excluding hydrogens is 202 g/mol. The van der Waals surface area contributed by atoms with E-state index in [0.29, 0.717) is 0 Å². The fourth-order valence-electron chi connectivity index (χ4n) is 2.03. The van der Waals surface area contributed by atoms with Gasteiger partial charge in [0.1, 0.15) is 5.75 Å². The van der Waals surface area contributed by atoms with Crippen molar-refractivity contribution in [3.05, 3.63) is 52.3 Å². The van der Waals surface area contributed by atoms with Gasteiger partial charge in [0.2, 0.25) is 5.56 Å². The normalized spacial score (nSPS) is 13.2. The van der Waals surface area contributed by atoms with Gasteiger partial charge in [-0.3, -0.25) is 4.79 Å². The Hall–Kier alpha value is -2.03. The lowest BCUT2D eigenvalue weighted by Crippen LogP contribution is -2.03. The first-order valence-electron chi connectivity index (χ1n) is 5.29. The molecule has 1 N–H and O–H groups in total. The maximum Gasteiger partial charge on any atom is 0.248 e. The average Bonchev–Trinajstić information content (AvgIpc) is 2.76. The van der Waals surface area contributed by atoms with Gasteiger partial charge in [-0.15, -0.1) is 0 Å². The van der Waals surface area contributed by atoms with Crippen LogP contribution in [0.4, 0.5) is 0 Å². The largest absolute Gasteiger partial charge is 0.492 e. The Morgan fingerprint density at radius 1 is 1.12 bits per heavy atom. The van der Waals surface area contributed by atoms with Crippen molar-refractivity contribution in [3.63, 3.8) is 0 Å². The number of aromatic nitrogens is 1. The van der Waals surface area contributed by atoms with E-state index >= 15 is 0 Å². The van der Waals surface area contributed by atoms with E-state index in [0.717, 1.165) is 30.0 Å². The lowest BCUT2D eigenvalue weighted by Gasteiger charge is -2.07.